The van der Waals surface area contributed by atoms with E-state index in [1.54, 1.807) is 6.07 Å². The number of benzene rings is 3. The van der Waals surface area contributed by atoms with Crippen LogP contribution in [-0.4, -0.2) is 23.7 Å². The summed E-state index contributed by atoms with van der Waals surface area (Å²) in [5.74, 6) is -0.121. The first-order chi connectivity index (χ1) is 14.5. The Morgan fingerprint density at radius 1 is 1.10 bits per heavy atom. The van der Waals surface area contributed by atoms with Crippen LogP contribution in [0.3, 0.4) is 0 Å². The lowest BCUT2D eigenvalue weighted by Gasteiger charge is -2.22. The summed E-state index contributed by atoms with van der Waals surface area (Å²) in [6.07, 6.45) is 3.23. The van der Waals surface area contributed by atoms with E-state index in [0.717, 1.165) is 30.2 Å². The van der Waals surface area contributed by atoms with Gasteiger partial charge in [-0.1, -0.05) is 42.5 Å². The maximum Gasteiger partial charge on any atom is 0.341 e. The van der Waals surface area contributed by atoms with Crippen LogP contribution >= 0.6 is 0 Å². The van der Waals surface area contributed by atoms with Gasteiger partial charge in [-0.05, 0) is 66.8 Å². The average Bonchev–Trinajstić information content (AvgIpc) is 3.21. The molecule has 3 aromatic rings. The predicted octanol–water partition coefficient (Wildman–Crippen LogP) is 5.43. The van der Waals surface area contributed by atoms with Crippen LogP contribution in [0.4, 0.5) is 4.39 Å². The van der Waals surface area contributed by atoms with Crippen LogP contribution < -0.4 is 10.1 Å². The van der Waals surface area contributed by atoms with Gasteiger partial charge < -0.3 is 15.2 Å². The maximum atomic E-state index is 14.1. The molecule has 5 heteroatoms. The molecule has 1 aliphatic rings. The third-order valence-corrected chi connectivity index (χ3v) is 6.00. The van der Waals surface area contributed by atoms with E-state index in [9.17, 15) is 9.18 Å². The Labute approximate surface area is 175 Å². The molecule has 1 saturated carbocycles. The molecule has 3 aromatic carbocycles. The highest BCUT2D eigenvalue weighted by Gasteiger charge is 2.27. The summed E-state index contributed by atoms with van der Waals surface area (Å²) in [5.41, 5.74) is 2.37. The molecule has 4 nitrogen and oxygen atoms in total. The Hall–Kier alpha value is -2.92. The van der Waals surface area contributed by atoms with E-state index < -0.39 is 5.97 Å². The van der Waals surface area contributed by atoms with Crippen molar-refractivity contribution in [1.29, 1.82) is 0 Å². The van der Waals surface area contributed by atoms with Crippen molar-refractivity contribution in [2.24, 2.45) is 0 Å². The number of carboxylic acid groups (broad SMARTS) is 1. The normalized spacial score (nSPS) is 19.7. The lowest BCUT2D eigenvalue weighted by Crippen LogP contribution is -2.29. The van der Waals surface area contributed by atoms with Gasteiger partial charge in [-0.3, -0.25) is 0 Å². The van der Waals surface area contributed by atoms with E-state index in [4.69, 9.17) is 9.84 Å². The molecule has 0 aliphatic heterocycles. The fraction of sp³-hybridized carbons (Fsp3) is 0.320. The summed E-state index contributed by atoms with van der Waals surface area (Å²) in [5, 5.41) is 14.1. The van der Waals surface area contributed by atoms with Crippen LogP contribution in [-0.2, 0) is 4.79 Å². The summed E-state index contributed by atoms with van der Waals surface area (Å²) in [6.45, 7) is 1.81. The van der Waals surface area contributed by atoms with Crippen molar-refractivity contribution in [3.05, 3.63) is 77.6 Å². The smallest absolute Gasteiger partial charge is 0.341 e. The molecule has 0 bridgehead atoms. The third-order valence-electron chi connectivity index (χ3n) is 6.00. The van der Waals surface area contributed by atoms with E-state index in [0.29, 0.717) is 23.1 Å². The first-order valence-corrected chi connectivity index (χ1v) is 10.4. The first kappa shape index (κ1) is 20.4. The quantitative estimate of drug-likeness (QED) is 0.548. The zero-order valence-electron chi connectivity index (χ0n) is 17.0. The first-order valence-electron chi connectivity index (χ1n) is 10.4. The SMILES string of the molecule is CC(NC1CCC(c2ccc(OCC(=O)O)cc2)C1)c1ccc(F)c2ccccc12. The molecular weight excluding hydrogens is 381 g/mol. The summed E-state index contributed by atoms with van der Waals surface area (Å²) in [7, 11) is 0. The van der Waals surface area contributed by atoms with Gasteiger partial charge in [-0.15, -0.1) is 0 Å². The second-order valence-corrected chi connectivity index (χ2v) is 8.03. The topological polar surface area (TPSA) is 58.6 Å². The van der Waals surface area contributed by atoms with Crippen molar-refractivity contribution >= 4 is 16.7 Å². The van der Waals surface area contributed by atoms with Crippen LogP contribution in [0.25, 0.3) is 10.8 Å². The number of hydrogen-bond acceptors (Lipinski definition) is 3. The van der Waals surface area contributed by atoms with Crippen LogP contribution in [0, 0.1) is 5.82 Å². The van der Waals surface area contributed by atoms with Crippen molar-refractivity contribution in [3.8, 4) is 5.75 Å². The molecule has 0 radical (unpaired) electrons. The highest BCUT2D eigenvalue weighted by molar-refractivity contribution is 5.86. The molecule has 30 heavy (non-hydrogen) atoms. The van der Waals surface area contributed by atoms with Gasteiger partial charge >= 0.3 is 5.97 Å². The summed E-state index contributed by atoms with van der Waals surface area (Å²) >= 11 is 0. The standard InChI is InChI=1S/C25H26FNO3/c1-16(21-12-13-24(26)23-5-3-2-4-22(21)23)27-19-9-6-18(14-19)17-7-10-20(11-8-17)30-15-25(28)29/h2-5,7-8,10-13,16,18-19,27H,6,9,14-15H2,1H3,(H,28,29). The molecule has 0 saturated heterocycles. The van der Waals surface area contributed by atoms with Gasteiger partial charge in [0, 0.05) is 17.5 Å². The molecule has 3 unspecified atom stereocenters. The van der Waals surface area contributed by atoms with Gasteiger partial charge in [0.15, 0.2) is 6.61 Å². The number of carboxylic acids is 1. The fourth-order valence-electron chi connectivity index (χ4n) is 4.52. The number of nitrogens with one attached hydrogen (secondary N) is 1. The van der Waals surface area contributed by atoms with Crippen molar-refractivity contribution in [3.63, 3.8) is 0 Å². The molecule has 0 amide bonds. The van der Waals surface area contributed by atoms with E-state index in [-0.39, 0.29) is 18.5 Å². The molecule has 0 spiro atoms. The minimum absolute atomic E-state index is 0.131. The third kappa shape index (κ3) is 4.46. The zero-order chi connectivity index (χ0) is 21.1. The van der Waals surface area contributed by atoms with Crippen LogP contribution in [0.15, 0.2) is 60.7 Å². The van der Waals surface area contributed by atoms with Crippen LogP contribution in [0.5, 0.6) is 5.75 Å². The lowest BCUT2D eigenvalue weighted by molar-refractivity contribution is -0.139. The second kappa shape index (κ2) is 8.84. The van der Waals surface area contributed by atoms with Crippen molar-refractivity contribution < 1.29 is 19.0 Å². The molecule has 2 N–H and O–H groups in total. The number of fused-ring (bicyclic) bond motifs is 1. The Morgan fingerprint density at radius 3 is 2.57 bits per heavy atom. The van der Waals surface area contributed by atoms with Gasteiger partial charge in [0.1, 0.15) is 11.6 Å². The Morgan fingerprint density at radius 2 is 1.83 bits per heavy atom. The molecule has 3 atom stereocenters. The fourth-order valence-corrected chi connectivity index (χ4v) is 4.52. The second-order valence-electron chi connectivity index (χ2n) is 8.03. The van der Waals surface area contributed by atoms with Gasteiger partial charge in [-0.25, -0.2) is 9.18 Å². The maximum absolute atomic E-state index is 14.1. The van der Waals surface area contributed by atoms with E-state index in [1.807, 2.05) is 54.6 Å². The molecule has 0 heterocycles. The van der Waals surface area contributed by atoms with Crippen molar-refractivity contribution in [1.82, 2.24) is 5.32 Å². The predicted molar refractivity (Wildman–Crippen MR) is 115 cm³/mol. The van der Waals surface area contributed by atoms with Gasteiger partial charge in [0.05, 0.1) is 0 Å². The lowest BCUT2D eigenvalue weighted by atomic mass is 9.96. The van der Waals surface area contributed by atoms with Crippen molar-refractivity contribution in [2.75, 3.05) is 6.61 Å². The summed E-state index contributed by atoms with van der Waals surface area (Å²) in [4.78, 5) is 10.6. The highest BCUT2D eigenvalue weighted by Crippen LogP contribution is 2.36. The van der Waals surface area contributed by atoms with E-state index in [1.165, 1.54) is 5.56 Å². The molecule has 156 valence electrons. The van der Waals surface area contributed by atoms with E-state index >= 15 is 0 Å². The Kier molecular flexibility index (Phi) is 6.00. The summed E-state index contributed by atoms with van der Waals surface area (Å²) in [6, 6.07) is 19.3. The molecular formula is C25H26FNO3. The average molecular weight is 407 g/mol. The number of hydrogen-bond donors (Lipinski definition) is 2. The number of carbonyl (C=O) groups is 1. The minimum atomic E-state index is -0.980. The number of rotatable bonds is 7. The zero-order valence-corrected chi connectivity index (χ0v) is 17.0. The summed E-state index contributed by atoms with van der Waals surface area (Å²) < 4.78 is 19.3. The van der Waals surface area contributed by atoms with Crippen LogP contribution in [0.1, 0.15) is 49.3 Å². The molecule has 4 rings (SSSR count). The monoisotopic (exact) mass is 407 g/mol. The van der Waals surface area contributed by atoms with Crippen molar-refractivity contribution in [2.45, 2.75) is 44.2 Å². The minimum Gasteiger partial charge on any atom is -0.482 e. The van der Waals surface area contributed by atoms with E-state index in [2.05, 4.69) is 12.2 Å². The largest absolute Gasteiger partial charge is 0.482 e. The Bertz CT molecular complexity index is 1030. The number of halogens is 1. The molecule has 1 aliphatic carbocycles. The van der Waals surface area contributed by atoms with Gasteiger partial charge in [0.25, 0.3) is 0 Å². The highest BCUT2D eigenvalue weighted by atomic mass is 19.1. The number of aliphatic carboxylic acids is 1. The van der Waals surface area contributed by atoms with Crippen LogP contribution in [0.2, 0.25) is 0 Å². The molecule has 0 aromatic heterocycles. The van der Waals surface area contributed by atoms with Gasteiger partial charge in [0.2, 0.25) is 0 Å². The number of ether oxygens (including phenoxy) is 1. The molecule has 1 fully saturated rings. The van der Waals surface area contributed by atoms with Gasteiger partial charge in [-0.2, -0.15) is 0 Å². The Balaban J connectivity index is 1.39.